The van der Waals surface area contributed by atoms with Gasteiger partial charge in [-0.3, -0.25) is 4.79 Å². The largest absolute Gasteiger partial charge is 0.467 e. The van der Waals surface area contributed by atoms with Crippen molar-refractivity contribution in [2.24, 2.45) is 5.10 Å². The van der Waals surface area contributed by atoms with E-state index in [9.17, 15) is 4.79 Å². The fraction of sp³-hybridized carbons (Fsp3) is 0.368. The number of hydrogen-bond donors (Lipinski definition) is 1. The number of ether oxygens (including phenoxy) is 1. The lowest BCUT2D eigenvalue weighted by molar-refractivity contribution is -0.900. The number of rotatable bonds is 4. The number of halogens is 1. The van der Waals surface area contributed by atoms with Gasteiger partial charge in [0, 0.05) is 11.4 Å². The smallest absolute Gasteiger partial charge is 0.298 e. The fourth-order valence-corrected chi connectivity index (χ4v) is 3.52. The summed E-state index contributed by atoms with van der Waals surface area (Å²) in [6.45, 7) is 3.50. The second kappa shape index (κ2) is 7.61. The number of carbonyl (C=O) groups is 1. The molecule has 1 fully saturated rings. The Labute approximate surface area is 157 Å². The van der Waals surface area contributed by atoms with Crippen LogP contribution in [0.1, 0.15) is 23.8 Å². The van der Waals surface area contributed by atoms with Gasteiger partial charge in [0.05, 0.1) is 25.2 Å². The van der Waals surface area contributed by atoms with E-state index in [1.54, 1.807) is 11.3 Å². The molecule has 2 aliphatic rings. The molecule has 26 heavy (non-hydrogen) atoms. The van der Waals surface area contributed by atoms with Crippen molar-refractivity contribution in [2.75, 3.05) is 32.8 Å². The zero-order valence-corrected chi connectivity index (χ0v) is 15.1. The molecule has 7 heteroatoms. The van der Waals surface area contributed by atoms with Gasteiger partial charge in [-0.25, -0.2) is 5.01 Å². The van der Waals surface area contributed by atoms with E-state index >= 15 is 0 Å². The van der Waals surface area contributed by atoms with Gasteiger partial charge in [-0.15, -0.1) is 0 Å². The van der Waals surface area contributed by atoms with E-state index in [4.69, 9.17) is 20.8 Å². The third kappa shape index (κ3) is 3.67. The van der Waals surface area contributed by atoms with Crippen molar-refractivity contribution in [3.05, 3.63) is 59.0 Å². The highest BCUT2D eigenvalue weighted by Gasteiger charge is 2.36. The van der Waals surface area contributed by atoms with Crippen molar-refractivity contribution in [1.82, 2.24) is 5.01 Å². The van der Waals surface area contributed by atoms with Crippen molar-refractivity contribution in [3.8, 4) is 0 Å². The van der Waals surface area contributed by atoms with Gasteiger partial charge < -0.3 is 14.1 Å². The third-order valence-corrected chi connectivity index (χ3v) is 5.07. The first-order valence-electron chi connectivity index (χ1n) is 8.81. The molecular formula is C19H21ClN3O3+. The van der Waals surface area contributed by atoms with Crippen LogP contribution >= 0.6 is 11.6 Å². The molecule has 4 rings (SSSR count). The van der Waals surface area contributed by atoms with E-state index in [0.717, 1.165) is 30.1 Å². The number of quaternary nitrogens is 1. The standard InChI is InChI=1S/C19H20ClN3O3/c20-15-5-3-14(4-6-15)16-12-17(18-2-1-9-26-18)23(21-16)19(24)13-22-7-10-25-11-8-22/h1-6,9,17H,7-8,10-13H2/p+1/t17-/m0/s1. The van der Waals surface area contributed by atoms with E-state index in [2.05, 4.69) is 5.10 Å². The number of nitrogens with one attached hydrogen (secondary N) is 1. The van der Waals surface area contributed by atoms with Gasteiger partial charge in [0.1, 0.15) is 24.9 Å². The number of nitrogens with zero attached hydrogens (tertiary/aromatic N) is 2. The molecule has 1 atom stereocenters. The predicted molar refractivity (Wildman–Crippen MR) is 97.3 cm³/mol. The normalized spacial score (nSPS) is 21.0. The quantitative estimate of drug-likeness (QED) is 0.882. The van der Waals surface area contributed by atoms with Crippen LogP contribution < -0.4 is 4.90 Å². The summed E-state index contributed by atoms with van der Waals surface area (Å²) >= 11 is 5.98. The Hall–Kier alpha value is -2.15. The Kier molecular flexibility index (Phi) is 5.06. The molecular weight excluding hydrogens is 354 g/mol. The van der Waals surface area contributed by atoms with Crippen molar-refractivity contribution in [2.45, 2.75) is 12.5 Å². The second-order valence-electron chi connectivity index (χ2n) is 6.57. The van der Waals surface area contributed by atoms with Gasteiger partial charge in [0.15, 0.2) is 6.54 Å². The van der Waals surface area contributed by atoms with E-state index in [0.29, 0.717) is 31.2 Å². The van der Waals surface area contributed by atoms with Crippen molar-refractivity contribution < 1.29 is 18.8 Å². The zero-order valence-electron chi connectivity index (χ0n) is 14.4. The van der Waals surface area contributed by atoms with Crippen LogP contribution in [0.15, 0.2) is 52.2 Å². The van der Waals surface area contributed by atoms with Crippen LogP contribution in [0.2, 0.25) is 5.02 Å². The maximum absolute atomic E-state index is 12.9. The number of carbonyl (C=O) groups excluding carboxylic acids is 1. The van der Waals surface area contributed by atoms with E-state index < -0.39 is 0 Å². The number of morpholine rings is 1. The van der Waals surface area contributed by atoms with Crippen LogP contribution in [0, 0.1) is 0 Å². The molecule has 1 aromatic heterocycles. The van der Waals surface area contributed by atoms with Gasteiger partial charge in [-0.2, -0.15) is 5.10 Å². The number of hydrogen-bond acceptors (Lipinski definition) is 4. The molecule has 0 radical (unpaired) electrons. The van der Waals surface area contributed by atoms with Crippen molar-refractivity contribution in [1.29, 1.82) is 0 Å². The minimum absolute atomic E-state index is 0.00673. The van der Waals surface area contributed by atoms with Crippen molar-refractivity contribution >= 4 is 23.2 Å². The van der Waals surface area contributed by atoms with Gasteiger partial charge >= 0.3 is 0 Å². The molecule has 1 aromatic carbocycles. The summed E-state index contributed by atoms with van der Waals surface area (Å²) in [4.78, 5) is 14.2. The average Bonchev–Trinajstić information content (AvgIpc) is 3.33. The molecule has 136 valence electrons. The molecule has 0 bridgehead atoms. The molecule has 1 N–H and O–H groups in total. The zero-order chi connectivity index (χ0) is 17.9. The summed E-state index contributed by atoms with van der Waals surface area (Å²) in [5, 5.41) is 6.91. The monoisotopic (exact) mass is 374 g/mol. The van der Waals surface area contributed by atoms with Gasteiger partial charge in [0.25, 0.3) is 5.91 Å². The van der Waals surface area contributed by atoms with E-state index in [1.165, 1.54) is 4.90 Å². The van der Waals surface area contributed by atoms with Crippen LogP contribution in [0.25, 0.3) is 0 Å². The Bertz CT molecular complexity index is 783. The molecule has 6 nitrogen and oxygen atoms in total. The first kappa shape index (κ1) is 17.3. The van der Waals surface area contributed by atoms with E-state index in [1.807, 2.05) is 36.4 Å². The maximum Gasteiger partial charge on any atom is 0.298 e. The van der Waals surface area contributed by atoms with Gasteiger partial charge in [-0.05, 0) is 29.8 Å². The molecule has 2 aliphatic heterocycles. The van der Waals surface area contributed by atoms with Crippen LogP contribution in [-0.2, 0) is 9.53 Å². The number of amides is 1. The van der Waals surface area contributed by atoms with Crippen LogP contribution in [0.4, 0.5) is 0 Å². The molecule has 0 saturated carbocycles. The molecule has 1 saturated heterocycles. The summed E-state index contributed by atoms with van der Waals surface area (Å²) < 4.78 is 10.9. The highest BCUT2D eigenvalue weighted by atomic mass is 35.5. The molecule has 3 heterocycles. The van der Waals surface area contributed by atoms with Crippen LogP contribution in [0.3, 0.4) is 0 Å². The Balaban J connectivity index is 1.56. The van der Waals surface area contributed by atoms with Crippen molar-refractivity contribution in [3.63, 3.8) is 0 Å². The third-order valence-electron chi connectivity index (χ3n) is 4.82. The first-order chi connectivity index (χ1) is 12.7. The molecule has 1 amide bonds. The lowest BCUT2D eigenvalue weighted by Gasteiger charge is -2.26. The lowest BCUT2D eigenvalue weighted by atomic mass is 10.0. The average molecular weight is 375 g/mol. The number of benzene rings is 1. The Morgan fingerprint density at radius 1 is 1.23 bits per heavy atom. The highest BCUT2D eigenvalue weighted by Crippen LogP contribution is 2.33. The summed E-state index contributed by atoms with van der Waals surface area (Å²) in [5.41, 5.74) is 1.84. The fourth-order valence-electron chi connectivity index (χ4n) is 3.39. The summed E-state index contributed by atoms with van der Waals surface area (Å²) in [5.74, 6) is 0.760. The van der Waals surface area contributed by atoms with Crippen LogP contribution in [0.5, 0.6) is 0 Å². The van der Waals surface area contributed by atoms with E-state index in [-0.39, 0.29) is 11.9 Å². The summed E-state index contributed by atoms with van der Waals surface area (Å²) in [6.07, 6.45) is 2.25. The topological polar surface area (TPSA) is 59.5 Å². The molecule has 0 spiro atoms. The summed E-state index contributed by atoms with van der Waals surface area (Å²) in [7, 11) is 0. The Morgan fingerprint density at radius 3 is 2.69 bits per heavy atom. The second-order valence-corrected chi connectivity index (χ2v) is 7.00. The minimum atomic E-state index is -0.205. The van der Waals surface area contributed by atoms with Crippen LogP contribution in [-0.4, -0.2) is 49.5 Å². The lowest BCUT2D eigenvalue weighted by Crippen LogP contribution is -3.15. The number of furan rings is 1. The predicted octanol–water partition coefficient (Wildman–Crippen LogP) is 1.53. The minimum Gasteiger partial charge on any atom is -0.467 e. The highest BCUT2D eigenvalue weighted by molar-refractivity contribution is 6.30. The van der Waals surface area contributed by atoms with Gasteiger partial charge in [0.2, 0.25) is 0 Å². The SMILES string of the molecule is O=C(C[NH+]1CCOCC1)N1N=C(c2ccc(Cl)cc2)C[C@H]1c1ccco1. The van der Waals surface area contributed by atoms with Gasteiger partial charge in [-0.1, -0.05) is 23.7 Å². The summed E-state index contributed by atoms with van der Waals surface area (Å²) in [6, 6.07) is 11.1. The maximum atomic E-state index is 12.9. The molecule has 2 aromatic rings. The first-order valence-corrected chi connectivity index (χ1v) is 9.19. The molecule has 0 aliphatic carbocycles. The Morgan fingerprint density at radius 2 is 2.00 bits per heavy atom. The molecule has 0 unspecified atom stereocenters. The number of hydrazone groups is 1.